The number of carbonyl (C=O) groups excluding carboxylic acids is 3. The third kappa shape index (κ3) is 7.69. The molecule has 8 nitrogen and oxygen atoms in total. The second kappa shape index (κ2) is 12.3. The number of rotatable bonds is 12. The Hall–Kier alpha value is -3.20. The molecule has 2 aromatic rings. The number of Topliss-reactive ketones (excluding diaryl/α,β-unsaturated/α-hetero) is 1. The van der Waals surface area contributed by atoms with Crippen molar-refractivity contribution < 1.29 is 22.8 Å². The summed E-state index contributed by atoms with van der Waals surface area (Å²) in [5.74, 6) is -1.05. The van der Waals surface area contributed by atoms with E-state index in [0.29, 0.717) is 12.1 Å². The second-order valence-electron chi connectivity index (χ2n) is 8.20. The molecule has 0 heterocycles. The fourth-order valence-electron chi connectivity index (χ4n) is 3.39. The average molecular weight is 488 g/mol. The van der Waals surface area contributed by atoms with E-state index in [9.17, 15) is 22.8 Å². The predicted octanol–water partition coefficient (Wildman–Crippen LogP) is 2.99. The molecular weight excluding hydrogens is 454 g/mol. The summed E-state index contributed by atoms with van der Waals surface area (Å²) in [6, 6.07) is 14.5. The summed E-state index contributed by atoms with van der Waals surface area (Å²) in [5.41, 5.74) is 1.36. The van der Waals surface area contributed by atoms with Gasteiger partial charge in [-0.25, -0.2) is 8.42 Å². The Morgan fingerprint density at radius 2 is 1.71 bits per heavy atom. The van der Waals surface area contributed by atoms with Crippen molar-refractivity contribution in [3.63, 3.8) is 0 Å². The number of hydrogen-bond acceptors (Lipinski definition) is 5. The highest BCUT2D eigenvalue weighted by Crippen LogP contribution is 2.21. The van der Waals surface area contributed by atoms with Gasteiger partial charge in [0.05, 0.1) is 11.9 Å². The van der Waals surface area contributed by atoms with Crippen LogP contribution >= 0.6 is 0 Å². The SMILES string of the molecule is CCCCNC(=O)[C@H](C)N(Cc1ccccc1)C(=O)CN(c1cccc(C(C)=O)c1)S(C)(=O)=O. The van der Waals surface area contributed by atoms with E-state index >= 15 is 0 Å². The van der Waals surface area contributed by atoms with E-state index in [1.54, 1.807) is 19.1 Å². The molecule has 2 amide bonds. The standard InChI is InChI=1S/C25H33N3O5S/c1-5-6-15-26-25(31)19(2)27(17-21-11-8-7-9-12-21)24(30)18-28(34(4,32)33)23-14-10-13-22(16-23)20(3)29/h7-14,16,19H,5-6,15,17-18H2,1-4H3,(H,26,31)/t19-/m0/s1. The van der Waals surface area contributed by atoms with E-state index in [0.717, 1.165) is 29.0 Å². The topological polar surface area (TPSA) is 104 Å². The number of unbranched alkanes of at least 4 members (excludes halogenated alkanes) is 1. The van der Waals surface area contributed by atoms with Gasteiger partial charge in [-0.2, -0.15) is 0 Å². The number of amides is 2. The van der Waals surface area contributed by atoms with E-state index < -0.39 is 28.5 Å². The molecule has 2 aromatic carbocycles. The van der Waals surface area contributed by atoms with Crippen LogP contribution in [0.2, 0.25) is 0 Å². The van der Waals surface area contributed by atoms with Crippen molar-refractivity contribution in [3.8, 4) is 0 Å². The maximum atomic E-state index is 13.4. The van der Waals surface area contributed by atoms with Crippen molar-refractivity contribution in [1.29, 1.82) is 0 Å². The molecule has 0 aliphatic heterocycles. The molecule has 9 heteroatoms. The number of hydrogen-bond donors (Lipinski definition) is 1. The lowest BCUT2D eigenvalue weighted by Crippen LogP contribution is -2.51. The quantitative estimate of drug-likeness (QED) is 0.366. The Morgan fingerprint density at radius 3 is 2.29 bits per heavy atom. The number of nitrogens with one attached hydrogen (secondary N) is 1. The van der Waals surface area contributed by atoms with Crippen molar-refractivity contribution >= 4 is 33.3 Å². The van der Waals surface area contributed by atoms with Gasteiger partial charge in [0.2, 0.25) is 21.8 Å². The van der Waals surface area contributed by atoms with E-state index in [1.807, 2.05) is 37.3 Å². The van der Waals surface area contributed by atoms with Gasteiger partial charge in [-0.15, -0.1) is 0 Å². The maximum absolute atomic E-state index is 13.4. The number of anilines is 1. The van der Waals surface area contributed by atoms with Crippen LogP contribution in [0.15, 0.2) is 54.6 Å². The zero-order chi connectivity index (χ0) is 25.3. The van der Waals surface area contributed by atoms with E-state index in [4.69, 9.17) is 0 Å². The molecule has 0 aliphatic rings. The molecule has 1 atom stereocenters. The van der Waals surface area contributed by atoms with Gasteiger partial charge in [0.25, 0.3) is 0 Å². The van der Waals surface area contributed by atoms with Crippen molar-refractivity contribution in [2.45, 2.75) is 46.2 Å². The lowest BCUT2D eigenvalue weighted by molar-refractivity contribution is -0.139. The minimum atomic E-state index is -3.85. The van der Waals surface area contributed by atoms with Crippen LogP contribution in [0.5, 0.6) is 0 Å². The summed E-state index contributed by atoms with van der Waals surface area (Å²) >= 11 is 0. The van der Waals surface area contributed by atoms with Crippen LogP contribution in [0.1, 0.15) is 49.5 Å². The van der Waals surface area contributed by atoms with Gasteiger partial charge in [0.1, 0.15) is 12.6 Å². The van der Waals surface area contributed by atoms with Gasteiger partial charge in [-0.3, -0.25) is 18.7 Å². The van der Waals surface area contributed by atoms with Crippen molar-refractivity contribution in [2.75, 3.05) is 23.7 Å². The van der Waals surface area contributed by atoms with Gasteiger partial charge >= 0.3 is 0 Å². The number of ketones is 1. The first-order valence-electron chi connectivity index (χ1n) is 11.2. The number of carbonyl (C=O) groups is 3. The molecule has 0 radical (unpaired) electrons. The molecule has 0 aromatic heterocycles. The van der Waals surface area contributed by atoms with Crippen molar-refractivity contribution in [3.05, 3.63) is 65.7 Å². The minimum Gasteiger partial charge on any atom is -0.354 e. The molecule has 0 saturated heterocycles. The van der Waals surface area contributed by atoms with Gasteiger partial charge in [-0.05, 0) is 38.0 Å². The molecule has 184 valence electrons. The van der Waals surface area contributed by atoms with Gasteiger partial charge in [0, 0.05) is 18.7 Å². The molecule has 2 rings (SSSR count). The highest BCUT2D eigenvalue weighted by molar-refractivity contribution is 7.92. The van der Waals surface area contributed by atoms with Crippen LogP contribution in [-0.2, 0) is 26.2 Å². The Morgan fingerprint density at radius 1 is 1.03 bits per heavy atom. The molecule has 0 spiro atoms. The summed E-state index contributed by atoms with van der Waals surface area (Å²) in [6.45, 7) is 5.17. The first-order valence-corrected chi connectivity index (χ1v) is 13.1. The van der Waals surface area contributed by atoms with Crippen LogP contribution < -0.4 is 9.62 Å². The first kappa shape index (κ1) is 27.0. The fraction of sp³-hybridized carbons (Fsp3) is 0.400. The van der Waals surface area contributed by atoms with E-state index in [2.05, 4.69) is 5.32 Å². The molecule has 34 heavy (non-hydrogen) atoms. The molecule has 0 aliphatic carbocycles. The van der Waals surface area contributed by atoms with Crippen molar-refractivity contribution in [2.24, 2.45) is 0 Å². The molecule has 0 saturated carbocycles. The summed E-state index contributed by atoms with van der Waals surface area (Å²) in [5, 5.41) is 2.84. The lowest BCUT2D eigenvalue weighted by Gasteiger charge is -2.31. The summed E-state index contributed by atoms with van der Waals surface area (Å²) in [7, 11) is -3.85. The van der Waals surface area contributed by atoms with Crippen LogP contribution in [-0.4, -0.2) is 56.3 Å². The third-order valence-corrected chi connectivity index (χ3v) is 6.55. The number of sulfonamides is 1. The molecule has 0 fully saturated rings. The first-order chi connectivity index (χ1) is 16.0. The summed E-state index contributed by atoms with van der Waals surface area (Å²) in [4.78, 5) is 39.4. The zero-order valence-electron chi connectivity index (χ0n) is 20.2. The van der Waals surface area contributed by atoms with Gasteiger partial charge in [-0.1, -0.05) is 55.8 Å². The van der Waals surface area contributed by atoms with Gasteiger partial charge < -0.3 is 10.2 Å². The number of nitrogens with zero attached hydrogens (tertiary/aromatic N) is 2. The van der Waals surface area contributed by atoms with Crippen LogP contribution in [0.4, 0.5) is 5.69 Å². The fourth-order valence-corrected chi connectivity index (χ4v) is 4.23. The highest BCUT2D eigenvalue weighted by atomic mass is 32.2. The second-order valence-corrected chi connectivity index (χ2v) is 10.1. The van der Waals surface area contributed by atoms with Crippen LogP contribution in [0, 0.1) is 0 Å². The number of benzene rings is 2. The molecule has 0 bridgehead atoms. The maximum Gasteiger partial charge on any atom is 0.244 e. The Balaban J connectivity index is 2.36. The smallest absolute Gasteiger partial charge is 0.244 e. The highest BCUT2D eigenvalue weighted by Gasteiger charge is 2.30. The molecule has 0 unspecified atom stereocenters. The monoisotopic (exact) mass is 487 g/mol. The lowest BCUT2D eigenvalue weighted by atomic mass is 10.1. The van der Waals surface area contributed by atoms with E-state index in [-0.39, 0.29) is 23.9 Å². The molecular formula is C25H33N3O5S. The Bertz CT molecular complexity index is 1100. The van der Waals surface area contributed by atoms with Crippen molar-refractivity contribution in [1.82, 2.24) is 10.2 Å². The average Bonchev–Trinajstić information content (AvgIpc) is 2.80. The predicted molar refractivity (Wildman–Crippen MR) is 133 cm³/mol. The largest absolute Gasteiger partial charge is 0.354 e. The Kier molecular flexibility index (Phi) is 9.80. The Labute approximate surface area is 202 Å². The van der Waals surface area contributed by atoms with Crippen LogP contribution in [0.3, 0.4) is 0 Å². The molecule has 1 N–H and O–H groups in total. The van der Waals surface area contributed by atoms with Crippen LogP contribution in [0.25, 0.3) is 0 Å². The summed E-state index contributed by atoms with van der Waals surface area (Å²) < 4.78 is 26.2. The summed E-state index contributed by atoms with van der Waals surface area (Å²) in [6.07, 6.45) is 2.74. The third-order valence-electron chi connectivity index (χ3n) is 5.41. The normalized spacial score (nSPS) is 12.0. The van der Waals surface area contributed by atoms with E-state index in [1.165, 1.54) is 24.0 Å². The zero-order valence-corrected chi connectivity index (χ0v) is 21.0. The van der Waals surface area contributed by atoms with Gasteiger partial charge in [0.15, 0.2) is 5.78 Å². The minimum absolute atomic E-state index is 0.146.